The van der Waals surface area contributed by atoms with Gasteiger partial charge in [-0.25, -0.2) is 9.97 Å². The number of aromatic nitrogens is 2. The summed E-state index contributed by atoms with van der Waals surface area (Å²) >= 11 is 0. The molecule has 0 bridgehead atoms. The molecule has 0 atom stereocenters. The van der Waals surface area contributed by atoms with E-state index in [-0.39, 0.29) is 11.7 Å². The first-order valence-electron chi connectivity index (χ1n) is 11.2. The highest BCUT2D eigenvalue weighted by Crippen LogP contribution is 2.34. The number of allylic oxidation sites excluding steroid dienone is 1. The van der Waals surface area contributed by atoms with Crippen LogP contribution in [0.25, 0.3) is 22.1 Å². The van der Waals surface area contributed by atoms with E-state index < -0.39 is 0 Å². The Morgan fingerprint density at radius 2 is 1.93 bits per heavy atom. The standard InChI is InChI=1S/C24H28N4O2/c29-24(25-14-13-17-9-3-1-4-10-17)22-26-20-18-11-5-6-12-19(18)30-21(20)23(27-22)28-15-7-2-8-16-28/h5-6,9,11-12H,1-4,7-8,10,13-16H2,(H,25,29). The second-order valence-corrected chi connectivity index (χ2v) is 8.31. The van der Waals surface area contributed by atoms with E-state index in [2.05, 4.69) is 26.3 Å². The maximum atomic E-state index is 12.9. The molecule has 0 saturated carbocycles. The smallest absolute Gasteiger partial charge is 0.289 e. The number of para-hydroxylation sites is 1. The lowest BCUT2D eigenvalue weighted by molar-refractivity contribution is 0.0944. The number of nitrogens with one attached hydrogen (secondary N) is 1. The minimum absolute atomic E-state index is 0.211. The fourth-order valence-corrected chi connectivity index (χ4v) is 4.55. The van der Waals surface area contributed by atoms with Gasteiger partial charge in [-0.3, -0.25) is 4.79 Å². The maximum Gasteiger partial charge on any atom is 0.289 e. The molecule has 3 aromatic rings. The molecule has 156 valence electrons. The van der Waals surface area contributed by atoms with Crippen molar-refractivity contribution in [3.63, 3.8) is 0 Å². The number of furan rings is 1. The largest absolute Gasteiger partial charge is 0.450 e. The van der Waals surface area contributed by atoms with Crippen LogP contribution in [0.1, 0.15) is 62.0 Å². The molecule has 2 aliphatic rings. The van der Waals surface area contributed by atoms with Gasteiger partial charge in [-0.05, 0) is 63.5 Å². The van der Waals surface area contributed by atoms with Crippen molar-refractivity contribution in [3.05, 3.63) is 41.7 Å². The highest BCUT2D eigenvalue weighted by atomic mass is 16.3. The fourth-order valence-electron chi connectivity index (χ4n) is 4.55. The molecule has 1 saturated heterocycles. The van der Waals surface area contributed by atoms with Crippen molar-refractivity contribution in [1.29, 1.82) is 0 Å². The van der Waals surface area contributed by atoms with Crippen LogP contribution in [0.3, 0.4) is 0 Å². The molecule has 1 aliphatic carbocycles. The molecule has 1 aliphatic heterocycles. The van der Waals surface area contributed by atoms with Crippen molar-refractivity contribution in [1.82, 2.24) is 15.3 Å². The Morgan fingerprint density at radius 3 is 2.77 bits per heavy atom. The minimum Gasteiger partial charge on any atom is -0.450 e. The van der Waals surface area contributed by atoms with Gasteiger partial charge in [-0.15, -0.1) is 0 Å². The molecule has 1 aromatic carbocycles. The number of benzene rings is 1. The second kappa shape index (κ2) is 8.46. The van der Waals surface area contributed by atoms with Crippen LogP contribution in [0.4, 0.5) is 5.82 Å². The van der Waals surface area contributed by atoms with Crippen LogP contribution in [0.2, 0.25) is 0 Å². The number of carbonyl (C=O) groups excluding carboxylic acids is 1. The molecule has 1 amide bonds. The third-order valence-corrected chi connectivity index (χ3v) is 6.18. The van der Waals surface area contributed by atoms with Crippen LogP contribution >= 0.6 is 0 Å². The highest BCUT2D eigenvalue weighted by Gasteiger charge is 2.23. The molecule has 1 N–H and O–H groups in total. The zero-order chi connectivity index (χ0) is 20.3. The third-order valence-electron chi connectivity index (χ3n) is 6.18. The molecular weight excluding hydrogens is 376 g/mol. The number of hydrogen-bond donors (Lipinski definition) is 1. The van der Waals surface area contributed by atoms with Crippen molar-refractivity contribution in [3.8, 4) is 0 Å². The lowest BCUT2D eigenvalue weighted by atomic mass is 9.97. The number of nitrogens with zero attached hydrogens (tertiary/aromatic N) is 3. The molecule has 0 radical (unpaired) electrons. The summed E-state index contributed by atoms with van der Waals surface area (Å²) in [7, 11) is 0. The summed E-state index contributed by atoms with van der Waals surface area (Å²) in [4.78, 5) is 24.5. The van der Waals surface area contributed by atoms with E-state index in [1.54, 1.807) is 0 Å². The van der Waals surface area contributed by atoms with E-state index >= 15 is 0 Å². The Labute approximate surface area is 176 Å². The molecule has 30 heavy (non-hydrogen) atoms. The van der Waals surface area contributed by atoms with Gasteiger partial charge in [0, 0.05) is 25.0 Å². The molecule has 6 nitrogen and oxygen atoms in total. The summed E-state index contributed by atoms with van der Waals surface area (Å²) in [5.74, 6) is 0.764. The third kappa shape index (κ3) is 3.78. The van der Waals surface area contributed by atoms with Gasteiger partial charge >= 0.3 is 0 Å². The summed E-state index contributed by atoms with van der Waals surface area (Å²) in [6, 6.07) is 7.85. The molecule has 6 heteroatoms. The van der Waals surface area contributed by atoms with Crippen LogP contribution in [-0.2, 0) is 0 Å². The Kier molecular flexibility index (Phi) is 5.39. The van der Waals surface area contributed by atoms with Crippen LogP contribution in [0, 0.1) is 0 Å². The second-order valence-electron chi connectivity index (χ2n) is 8.31. The van der Waals surface area contributed by atoms with Gasteiger partial charge in [0.15, 0.2) is 11.4 Å². The van der Waals surface area contributed by atoms with Gasteiger partial charge in [0.25, 0.3) is 5.91 Å². The summed E-state index contributed by atoms with van der Waals surface area (Å²) in [5, 5.41) is 3.95. The lowest BCUT2D eigenvalue weighted by Crippen LogP contribution is -2.32. The number of hydrogen-bond acceptors (Lipinski definition) is 5. The fraction of sp³-hybridized carbons (Fsp3) is 0.458. The highest BCUT2D eigenvalue weighted by molar-refractivity contribution is 6.07. The van der Waals surface area contributed by atoms with Crippen molar-refractivity contribution in [2.24, 2.45) is 0 Å². The van der Waals surface area contributed by atoms with Crippen molar-refractivity contribution < 1.29 is 9.21 Å². The molecule has 0 spiro atoms. The summed E-state index contributed by atoms with van der Waals surface area (Å²) in [6.45, 7) is 2.48. The normalized spacial score (nSPS) is 17.3. The number of fused-ring (bicyclic) bond motifs is 3. The van der Waals surface area contributed by atoms with E-state index in [0.717, 1.165) is 67.5 Å². The van der Waals surface area contributed by atoms with E-state index in [1.165, 1.54) is 24.8 Å². The molecular formula is C24H28N4O2. The van der Waals surface area contributed by atoms with Gasteiger partial charge in [0.1, 0.15) is 11.1 Å². The van der Waals surface area contributed by atoms with E-state index in [4.69, 9.17) is 4.42 Å². The zero-order valence-electron chi connectivity index (χ0n) is 17.3. The van der Waals surface area contributed by atoms with Gasteiger partial charge in [-0.2, -0.15) is 0 Å². The Hall–Kier alpha value is -2.89. The van der Waals surface area contributed by atoms with Crippen LogP contribution in [0.15, 0.2) is 40.3 Å². The number of carbonyl (C=O) groups is 1. The van der Waals surface area contributed by atoms with Gasteiger partial charge in [0.2, 0.25) is 5.82 Å². The molecule has 3 heterocycles. The van der Waals surface area contributed by atoms with E-state index in [0.29, 0.717) is 12.1 Å². The average Bonchev–Trinajstić information content (AvgIpc) is 3.18. The quantitative estimate of drug-likeness (QED) is 0.607. The van der Waals surface area contributed by atoms with Gasteiger partial charge in [-0.1, -0.05) is 23.8 Å². The number of anilines is 1. The van der Waals surface area contributed by atoms with Crippen molar-refractivity contribution >= 4 is 33.8 Å². The van der Waals surface area contributed by atoms with Crippen LogP contribution in [-0.4, -0.2) is 35.5 Å². The Bertz CT molecular complexity index is 1100. The lowest BCUT2D eigenvalue weighted by Gasteiger charge is -2.27. The van der Waals surface area contributed by atoms with Gasteiger partial charge < -0.3 is 14.6 Å². The zero-order valence-corrected chi connectivity index (χ0v) is 17.3. The number of piperidine rings is 1. The van der Waals surface area contributed by atoms with Gasteiger partial charge in [0.05, 0.1) is 0 Å². The number of rotatable bonds is 5. The van der Waals surface area contributed by atoms with Crippen molar-refractivity contribution in [2.45, 2.75) is 51.4 Å². The SMILES string of the molecule is O=C(NCCC1=CCCCC1)c1nc(N2CCCCC2)c2oc3ccccc3c2n1. The summed E-state index contributed by atoms with van der Waals surface area (Å²) < 4.78 is 6.13. The van der Waals surface area contributed by atoms with E-state index in [9.17, 15) is 4.79 Å². The molecule has 2 aromatic heterocycles. The first kappa shape index (κ1) is 19.1. The average molecular weight is 405 g/mol. The number of amides is 1. The van der Waals surface area contributed by atoms with Crippen molar-refractivity contribution in [2.75, 3.05) is 24.5 Å². The maximum absolute atomic E-state index is 12.9. The first-order chi connectivity index (χ1) is 14.8. The Morgan fingerprint density at radius 1 is 1.07 bits per heavy atom. The Balaban J connectivity index is 1.45. The topological polar surface area (TPSA) is 71.3 Å². The summed E-state index contributed by atoms with van der Waals surface area (Å²) in [5.41, 5.74) is 3.64. The molecule has 1 fully saturated rings. The van der Waals surface area contributed by atoms with E-state index in [1.807, 2.05) is 24.3 Å². The predicted octanol–water partition coefficient (Wildman–Crippen LogP) is 4.99. The monoisotopic (exact) mass is 404 g/mol. The molecule has 5 rings (SSSR count). The molecule has 0 unspecified atom stereocenters. The first-order valence-corrected chi connectivity index (χ1v) is 11.2. The predicted molar refractivity (Wildman–Crippen MR) is 119 cm³/mol. The van der Waals surface area contributed by atoms with Crippen LogP contribution < -0.4 is 10.2 Å². The minimum atomic E-state index is -0.211. The summed E-state index contributed by atoms with van der Waals surface area (Å²) in [6.07, 6.45) is 11.6. The van der Waals surface area contributed by atoms with Crippen LogP contribution in [0.5, 0.6) is 0 Å².